The molecule has 0 saturated carbocycles. The van der Waals surface area contributed by atoms with Crippen LogP contribution in [0.3, 0.4) is 0 Å². The van der Waals surface area contributed by atoms with Crippen molar-refractivity contribution < 1.29 is 9.53 Å². The van der Waals surface area contributed by atoms with Gasteiger partial charge in [0.05, 0.1) is 12.0 Å². The molecule has 0 heterocycles. The molecule has 0 aliphatic heterocycles. The van der Waals surface area contributed by atoms with E-state index in [-0.39, 0.29) is 11.8 Å². The fourth-order valence-electron chi connectivity index (χ4n) is 1.32. The zero-order valence-corrected chi connectivity index (χ0v) is 13.1. The zero-order chi connectivity index (χ0) is 13.8. The lowest BCUT2D eigenvalue weighted by atomic mass is 9.95. The molecule has 0 fully saturated rings. The predicted molar refractivity (Wildman–Crippen MR) is 78.0 cm³/mol. The van der Waals surface area contributed by atoms with Crippen LogP contribution in [0.25, 0.3) is 0 Å². The fourth-order valence-corrected chi connectivity index (χ4v) is 1.92. The molecule has 18 heavy (non-hydrogen) atoms. The van der Waals surface area contributed by atoms with E-state index in [1.165, 1.54) is 0 Å². The van der Waals surface area contributed by atoms with E-state index in [2.05, 4.69) is 21.2 Å². The number of carbonyl (C=O) groups is 1. The van der Waals surface area contributed by atoms with Crippen molar-refractivity contribution in [3.63, 3.8) is 0 Å². The first-order valence-electron chi connectivity index (χ1n) is 5.56. The van der Waals surface area contributed by atoms with E-state index in [4.69, 9.17) is 16.3 Å². The van der Waals surface area contributed by atoms with Gasteiger partial charge in [-0.3, -0.25) is 4.79 Å². The molecule has 0 spiro atoms. The Labute approximate surface area is 121 Å². The van der Waals surface area contributed by atoms with Crippen molar-refractivity contribution in [1.82, 2.24) is 0 Å². The number of methoxy groups -OCH3 is 1. The highest BCUT2D eigenvalue weighted by Crippen LogP contribution is 2.27. The highest BCUT2D eigenvalue weighted by atomic mass is 79.9. The SMILES string of the molecule is COCc1c(Br)cccc1NC(=O)C(C)(C)CCl. The Morgan fingerprint density at radius 3 is 2.72 bits per heavy atom. The molecule has 0 radical (unpaired) electrons. The Bertz CT molecular complexity index is 435. The van der Waals surface area contributed by atoms with Crippen LogP contribution in [0.1, 0.15) is 19.4 Å². The van der Waals surface area contributed by atoms with E-state index < -0.39 is 5.41 Å². The number of alkyl halides is 1. The van der Waals surface area contributed by atoms with Crippen LogP contribution in [0.4, 0.5) is 5.69 Å². The second-order valence-corrected chi connectivity index (χ2v) is 5.79. The molecule has 1 N–H and O–H groups in total. The minimum atomic E-state index is -0.603. The number of benzene rings is 1. The highest BCUT2D eigenvalue weighted by molar-refractivity contribution is 9.10. The quantitative estimate of drug-likeness (QED) is 0.832. The molecule has 0 aliphatic carbocycles. The molecule has 0 atom stereocenters. The monoisotopic (exact) mass is 333 g/mol. The first-order valence-corrected chi connectivity index (χ1v) is 6.89. The van der Waals surface area contributed by atoms with Crippen LogP contribution >= 0.6 is 27.5 Å². The van der Waals surface area contributed by atoms with Crippen molar-refractivity contribution >= 4 is 39.1 Å². The van der Waals surface area contributed by atoms with E-state index in [1.54, 1.807) is 7.11 Å². The molecule has 1 aromatic carbocycles. The van der Waals surface area contributed by atoms with E-state index in [0.29, 0.717) is 6.61 Å². The first kappa shape index (κ1) is 15.5. The molecular formula is C13H17BrClNO2. The number of hydrogen-bond donors (Lipinski definition) is 1. The van der Waals surface area contributed by atoms with Crippen LogP contribution in [-0.2, 0) is 16.1 Å². The van der Waals surface area contributed by atoms with Crippen molar-refractivity contribution in [3.05, 3.63) is 28.2 Å². The Morgan fingerprint density at radius 1 is 1.50 bits per heavy atom. The standard InChI is InChI=1S/C13H17BrClNO2/c1-13(2,8-15)12(17)16-11-6-4-5-10(14)9(11)7-18-3/h4-6H,7-8H2,1-3H3,(H,16,17). The van der Waals surface area contributed by atoms with E-state index in [1.807, 2.05) is 32.0 Å². The molecule has 0 unspecified atom stereocenters. The van der Waals surface area contributed by atoms with Crippen LogP contribution in [0.15, 0.2) is 22.7 Å². The van der Waals surface area contributed by atoms with Gasteiger partial charge in [0, 0.05) is 28.7 Å². The van der Waals surface area contributed by atoms with Gasteiger partial charge in [0.15, 0.2) is 0 Å². The van der Waals surface area contributed by atoms with Gasteiger partial charge in [-0.2, -0.15) is 0 Å². The maximum Gasteiger partial charge on any atom is 0.231 e. The molecular weight excluding hydrogens is 318 g/mol. The summed E-state index contributed by atoms with van der Waals surface area (Å²) in [6.07, 6.45) is 0. The van der Waals surface area contributed by atoms with Crippen LogP contribution < -0.4 is 5.32 Å². The van der Waals surface area contributed by atoms with Crippen molar-refractivity contribution in [3.8, 4) is 0 Å². The van der Waals surface area contributed by atoms with Gasteiger partial charge in [-0.15, -0.1) is 11.6 Å². The van der Waals surface area contributed by atoms with Crippen molar-refractivity contribution in [1.29, 1.82) is 0 Å². The number of carbonyl (C=O) groups excluding carboxylic acids is 1. The van der Waals surface area contributed by atoms with Crippen LogP contribution in [0.5, 0.6) is 0 Å². The number of rotatable bonds is 5. The Kier molecular flexibility index (Phi) is 5.63. The fraction of sp³-hybridized carbons (Fsp3) is 0.462. The lowest BCUT2D eigenvalue weighted by molar-refractivity contribution is -0.122. The Hall–Kier alpha value is -0.580. The second kappa shape index (κ2) is 6.55. The smallest absolute Gasteiger partial charge is 0.231 e. The van der Waals surface area contributed by atoms with Gasteiger partial charge in [-0.25, -0.2) is 0 Å². The van der Waals surface area contributed by atoms with E-state index in [0.717, 1.165) is 15.7 Å². The largest absolute Gasteiger partial charge is 0.380 e. The summed E-state index contributed by atoms with van der Waals surface area (Å²) < 4.78 is 6.04. The van der Waals surface area contributed by atoms with Gasteiger partial charge in [0.25, 0.3) is 0 Å². The zero-order valence-electron chi connectivity index (χ0n) is 10.7. The van der Waals surface area contributed by atoms with Gasteiger partial charge < -0.3 is 10.1 Å². The molecule has 3 nitrogen and oxygen atoms in total. The van der Waals surface area contributed by atoms with Gasteiger partial charge in [0.2, 0.25) is 5.91 Å². The topological polar surface area (TPSA) is 38.3 Å². The summed E-state index contributed by atoms with van der Waals surface area (Å²) in [7, 11) is 1.62. The third-order valence-electron chi connectivity index (χ3n) is 2.60. The Morgan fingerprint density at radius 2 is 2.17 bits per heavy atom. The Balaban J connectivity index is 2.97. The molecule has 1 aromatic rings. The van der Waals surface area contributed by atoms with Crippen LogP contribution in [-0.4, -0.2) is 18.9 Å². The number of nitrogens with one attached hydrogen (secondary N) is 1. The highest BCUT2D eigenvalue weighted by Gasteiger charge is 2.27. The number of halogens is 2. The summed E-state index contributed by atoms with van der Waals surface area (Å²) in [5, 5.41) is 2.89. The average Bonchev–Trinajstić information content (AvgIpc) is 2.33. The third-order valence-corrected chi connectivity index (χ3v) is 4.02. The minimum absolute atomic E-state index is 0.104. The second-order valence-electron chi connectivity index (χ2n) is 4.67. The van der Waals surface area contributed by atoms with Crippen molar-refractivity contribution in [2.24, 2.45) is 5.41 Å². The average molecular weight is 335 g/mol. The summed E-state index contributed by atoms with van der Waals surface area (Å²) in [5.41, 5.74) is 1.06. The number of amides is 1. The third kappa shape index (κ3) is 3.70. The molecule has 0 bridgehead atoms. The normalized spacial score (nSPS) is 11.4. The summed E-state index contributed by atoms with van der Waals surface area (Å²) in [5.74, 6) is 0.167. The maximum atomic E-state index is 12.1. The van der Waals surface area contributed by atoms with E-state index >= 15 is 0 Å². The van der Waals surface area contributed by atoms with Crippen LogP contribution in [0.2, 0.25) is 0 Å². The molecule has 100 valence electrons. The molecule has 0 saturated heterocycles. The predicted octanol–water partition coefficient (Wildman–Crippen LogP) is 3.80. The lowest BCUT2D eigenvalue weighted by Gasteiger charge is -2.21. The summed E-state index contributed by atoms with van der Waals surface area (Å²) >= 11 is 9.24. The summed E-state index contributed by atoms with van der Waals surface area (Å²) in [4.78, 5) is 12.1. The van der Waals surface area contributed by atoms with Crippen LogP contribution in [0, 0.1) is 5.41 Å². The maximum absolute atomic E-state index is 12.1. The summed E-state index contributed by atoms with van der Waals surface area (Å²) in [6, 6.07) is 5.63. The first-order chi connectivity index (χ1) is 8.42. The molecule has 0 aromatic heterocycles. The molecule has 1 rings (SSSR count). The number of ether oxygens (including phenoxy) is 1. The summed E-state index contributed by atoms with van der Waals surface area (Å²) in [6.45, 7) is 4.05. The van der Waals surface area contributed by atoms with Gasteiger partial charge in [-0.05, 0) is 26.0 Å². The number of anilines is 1. The van der Waals surface area contributed by atoms with Crippen molar-refractivity contribution in [2.75, 3.05) is 18.3 Å². The minimum Gasteiger partial charge on any atom is -0.380 e. The van der Waals surface area contributed by atoms with E-state index in [9.17, 15) is 4.79 Å². The number of hydrogen-bond acceptors (Lipinski definition) is 2. The molecule has 5 heteroatoms. The van der Waals surface area contributed by atoms with Gasteiger partial charge in [0.1, 0.15) is 0 Å². The van der Waals surface area contributed by atoms with Gasteiger partial charge >= 0.3 is 0 Å². The lowest BCUT2D eigenvalue weighted by Crippen LogP contribution is -2.32. The molecule has 1 amide bonds. The van der Waals surface area contributed by atoms with Crippen molar-refractivity contribution in [2.45, 2.75) is 20.5 Å². The molecule has 0 aliphatic rings. The van der Waals surface area contributed by atoms with Gasteiger partial charge in [-0.1, -0.05) is 22.0 Å².